The van der Waals surface area contributed by atoms with Gasteiger partial charge in [0.15, 0.2) is 44.0 Å². The van der Waals surface area contributed by atoms with Crippen molar-refractivity contribution in [2.75, 3.05) is 46.2 Å². The van der Waals surface area contributed by atoms with Crippen LogP contribution >= 0.6 is 0 Å². The summed E-state index contributed by atoms with van der Waals surface area (Å²) in [6.07, 6.45) is -69.5. The van der Waals surface area contributed by atoms with Gasteiger partial charge in [-0.15, -0.1) is 0 Å². The Hall–Kier alpha value is -1.44. The molecule has 7 fully saturated rings. The van der Waals surface area contributed by atoms with Crippen molar-refractivity contribution in [2.24, 2.45) is 0 Å². The molecule has 7 unspecified atom stereocenters. The lowest BCUT2D eigenvalue weighted by molar-refractivity contribution is -0.400. The highest BCUT2D eigenvalue weighted by atomic mass is 16.8. The highest BCUT2D eigenvalue weighted by Gasteiger charge is 2.59. The summed E-state index contributed by atoms with van der Waals surface area (Å²) >= 11 is 0. The first-order valence-electron chi connectivity index (χ1n) is 24.7. The molecular formula is C42H72O36. The molecule has 0 bridgehead atoms. The summed E-state index contributed by atoms with van der Waals surface area (Å²) in [4.78, 5) is 0. The van der Waals surface area contributed by atoms with Gasteiger partial charge in [-0.2, -0.15) is 0 Å². The van der Waals surface area contributed by atoms with E-state index in [-0.39, 0.29) is 0 Å². The highest BCUT2D eigenvalue weighted by molar-refractivity contribution is 5.01. The maximum atomic E-state index is 11.7. The molecule has 0 aromatic rings. The van der Waals surface area contributed by atoms with Gasteiger partial charge >= 0.3 is 0 Å². The van der Waals surface area contributed by atoms with Crippen LogP contribution in [0.3, 0.4) is 0 Å². The third-order valence-corrected chi connectivity index (χ3v) is 14.5. The van der Waals surface area contributed by atoms with Gasteiger partial charge < -0.3 is 179 Å². The van der Waals surface area contributed by atoms with Crippen LogP contribution in [0, 0.1) is 0 Å². The number of aliphatic hydroxyl groups excluding tert-OH is 23. The van der Waals surface area contributed by atoms with E-state index in [1.807, 2.05) is 0 Å². The van der Waals surface area contributed by atoms with Gasteiger partial charge in [-0.1, -0.05) is 0 Å². The second-order valence-corrected chi connectivity index (χ2v) is 19.6. The fourth-order valence-electron chi connectivity index (χ4n) is 9.98. The SMILES string of the molecule is OC[C@H]1OC(O[C@H]2[C@@H](O)[C@@H](CO)OC(O[C@H]3[C@@H](O)[C@@H](CO)OC(O[C@H]4[C@@H](O)[C@@H](CO)OC(O[C@H]5[C@@H](O)[C@@H](CO)OC(O[C@@H]6[C@H](O)[C@@H](O)C(O[C@H]7[C@H](O)[C@@H](O)C(O)O[C@@H]7CO)O[C@@H]6CO)[C@@H]5O)[C@@H]4O)[C@@H]3O)[C@@H]2O)[C@H](O)[C@@H](O)[C@H]1O. The van der Waals surface area contributed by atoms with Gasteiger partial charge in [-0.3, -0.25) is 0 Å². The van der Waals surface area contributed by atoms with Crippen molar-refractivity contribution in [1.29, 1.82) is 0 Å². The molecule has 7 saturated heterocycles. The summed E-state index contributed by atoms with van der Waals surface area (Å²) in [5, 5.41) is 245. The second kappa shape index (κ2) is 27.5. The topological polar surface area (TPSA) is 585 Å². The van der Waals surface area contributed by atoms with Gasteiger partial charge in [0.1, 0.15) is 171 Å². The Morgan fingerprint density at radius 1 is 0.192 bits per heavy atom. The number of rotatable bonds is 19. The summed E-state index contributed by atoms with van der Waals surface area (Å²) in [6, 6.07) is 0. The first-order chi connectivity index (χ1) is 37.0. The van der Waals surface area contributed by atoms with Crippen molar-refractivity contribution in [3.8, 4) is 0 Å². The minimum atomic E-state index is -2.32. The van der Waals surface area contributed by atoms with E-state index in [1.165, 1.54) is 0 Å². The van der Waals surface area contributed by atoms with E-state index in [4.69, 9.17) is 61.6 Å². The predicted octanol–water partition coefficient (Wildman–Crippen LogP) is -16.3. The number of ether oxygens (including phenoxy) is 13. The van der Waals surface area contributed by atoms with Crippen LogP contribution in [0.4, 0.5) is 0 Å². The Morgan fingerprint density at radius 3 is 0.705 bits per heavy atom. The summed E-state index contributed by atoms with van der Waals surface area (Å²) in [5.74, 6) is 0. The molecule has 0 aromatic heterocycles. The van der Waals surface area contributed by atoms with Crippen LogP contribution < -0.4 is 0 Å². The lowest BCUT2D eigenvalue weighted by Gasteiger charge is -2.50. The minimum absolute atomic E-state index is 0.891. The van der Waals surface area contributed by atoms with E-state index < -0.39 is 261 Å². The fourth-order valence-corrected chi connectivity index (χ4v) is 9.98. The highest BCUT2D eigenvalue weighted by Crippen LogP contribution is 2.38. The van der Waals surface area contributed by atoms with Gasteiger partial charge in [0.2, 0.25) is 0 Å². The van der Waals surface area contributed by atoms with Gasteiger partial charge in [-0.25, -0.2) is 0 Å². The first-order valence-corrected chi connectivity index (χ1v) is 24.7. The number of hydrogen-bond acceptors (Lipinski definition) is 36. The molecule has 0 aliphatic carbocycles. The Bertz CT molecular complexity index is 1810. The zero-order valence-electron chi connectivity index (χ0n) is 40.8. The van der Waals surface area contributed by atoms with Crippen LogP contribution in [0.1, 0.15) is 0 Å². The zero-order valence-corrected chi connectivity index (χ0v) is 40.8. The van der Waals surface area contributed by atoms with E-state index >= 15 is 0 Å². The molecule has 0 radical (unpaired) electrons. The number of hydrogen-bond donors (Lipinski definition) is 23. The third-order valence-electron chi connectivity index (χ3n) is 14.5. The van der Waals surface area contributed by atoms with E-state index in [0.29, 0.717) is 0 Å². The van der Waals surface area contributed by atoms with Crippen molar-refractivity contribution in [3.05, 3.63) is 0 Å². The molecule has 0 aromatic carbocycles. The fraction of sp³-hybridized carbons (Fsp3) is 1.00. The summed E-state index contributed by atoms with van der Waals surface area (Å²) < 4.78 is 72.2. The Balaban J connectivity index is 1.05. The molecule has 7 aliphatic rings. The average molecular weight is 1150 g/mol. The first kappa shape index (κ1) is 64.1. The van der Waals surface area contributed by atoms with Crippen molar-refractivity contribution < 1.29 is 179 Å². The van der Waals surface area contributed by atoms with E-state index in [9.17, 15) is 117 Å². The van der Waals surface area contributed by atoms with Crippen LogP contribution in [0.2, 0.25) is 0 Å². The minimum Gasteiger partial charge on any atom is -0.394 e. The Labute approximate surface area is 439 Å². The lowest BCUT2D eigenvalue weighted by Crippen LogP contribution is -2.68. The monoisotopic (exact) mass is 1150 g/mol. The smallest absolute Gasteiger partial charge is 0.187 e. The normalized spacial score (nSPS) is 53.5. The van der Waals surface area contributed by atoms with Crippen LogP contribution in [-0.4, -0.2) is 379 Å². The standard InChI is InChI=1S/C42H72O36/c43-1-8-15(50)20(55)24(59)37(67-8)75-32-16(51)10(3-45)69-40(27(32)62)77-34-18(53)12(5-47)71-42(29(34)64)78-35-19(54)11(4-46)70-41(28(35)63)76-33-17(52)9(2-44)68-39(26(33)61)74-31-14(7-49)72-38(25(60)22(31)57)73-30-13(6-48)66-36(65)23(58)21(30)56/h8-65H,1-7H2/t8-,9-,10-,11-,12-,13-,14-,15+,16+,17+,18+,19+,20+,21-,22-,23-,24-,25-,26-,27-,28-,29-,30-,31+,32+,33+,34+,35+,36?,37?,38?,39?,40?,41?,42?/m1/s1. The van der Waals surface area contributed by atoms with Gasteiger partial charge in [0.05, 0.1) is 46.2 Å². The lowest BCUT2D eigenvalue weighted by atomic mass is 9.95. The second-order valence-electron chi connectivity index (χ2n) is 19.6. The van der Waals surface area contributed by atoms with Crippen LogP contribution in [0.25, 0.3) is 0 Å². The Morgan fingerprint density at radius 2 is 0.410 bits per heavy atom. The van der Waals surface area contributed by atoms with Gasteiger partial charge in [-0.05, 0) is 0 Å². The number of aliphatic hydroxyl groups is 23. The van der Waals surface area contributed by atoms with Crippen molar-refractivity contribution in [1.82, 2.24) is 0 Å². The molecule has 36 heteroatoms. The van der Waals surface area contributed by atoms with Crippen LogP contribution in [-0.2, 0) is 61.6 Å². The average Bonchev–Trinajstić information content (AvgIpc) is 3.49. The molecule has 0 spiro atoms. The molecule has 7 aliphatic heterocycles. The molecule has 36 nitrogen and oxygen atoms in total. The molecule has 7 rings (SSSR count). The molecule has 0 saturated carbocycles. The maximum absolute atomic E-state index is 11.7. The molecule has 0 amide bonds. The zero-order chi connectivity index (χ0) is 57.3. The van der Waals surface area contributed by atoms with E-state index in [0.717, 1.165) is 0 Å². The molecule has 35 atom stereocenters. The Kier molecular flexibility index (Phi) is 22.6. The predicted molar refractivity (Wildman–Crippen MR) is 232 cm³/mol. The van der Waals surface area contributed by atoms with Crippen molar-refractivity contribution in [3.63, 3.8) is 0 Å². The third kappa shape index (κ3) is 12.9. The summed E-state index contributed by atoms with van der Waals surface area (Å²) in [7, 11) is 0. The quantitative estimate of drug-likeness (QED) is 0.0571. The maximum Gasteiger partial charge on any atom is 0.187 e. The summed E-state index contributed by atoms with van der Waals surface area (Å²) in [6.45, 7) is -7.04. The van der Waals surface area contributed by atoms with Crippen molar-refractivity contribution in [2.45, 2.75) is 215 Å². The molecule has 78 heavy (non-hydrogen) atoms. The largest absolute Gasteiger partial charge is 0.394 e. The van der Waals surface area contributed by atoms with E-state index in [2.05, 4.69) is 0 Å². The van der Waals surface area contributed by atoms with E-state index in [1.54, 1.807) is 0 Å². The molecule has 7 heterocycles. The molecular weight excluding hydrogens is 1080 g/mol. The molecule has 456 valence electrons. The van der Waals surface area contributed by atoms with Gasteiger partial charge in [0.25, 0.3) is 0 Å². The van der Waals surface area contributed by atoms with Crippen molar-refractivity contribution >= 4 is 0 Å². The molecule has 23 N–H and O–H groups in total. The van der Waals surface area contributed by atoms with Crippen LogP contribution in [0.5, 0.6) is 0 Å². The summed E-state index contributed by atoms with van der Waals surface area (Å²) in [5.41, 5.74) is 0. The van der Waals surface area contributed by atoms with Crippen LogP contribution in [0.15, 0.2) is 0 Å². The van der Waals surface area contributed by atoms with Gasteiger partial charge in [0, 0.05) is 0 Å².